The highest BCUT2D eigenvalue weighted by atomic mass is 32.1. The molecule has 3 heteroatoms. The van der Waals surface area contributed by atoms with Gasteiger partial charge in [0.1, 0.15) is 0 Å². The molecule has 0 aliphatic rings. The lowest BCUT2D eigenvalue weighted by molar-refractivity contribution is -0.133. The van der Waals surface area contributed by atoms with Crippen molar-refractivity contribution in [2.75, 3.05) is 0 Å². The molecule has 0 saturated heterocycles. The first-order chi connectivity index (χ1) is 4.83. The minimum Gasteiger partial charge on any atom is -0.415 e. The molecule has 1 heterocycles. The molecule has 2 nitrogen and oxygen atoms in total. The number of rotatable bonds is 2. The van der Waals surface area contributed by atoms with Gasteiger partial charge in [-0.1, -0.05) is 6.92 Å². The molecule has 1 aromatic rings. The summed E-state index contributed by atoms with van der Waals surface area (Å²) in [5.41, 5.74) is 0. The molecule has 0 aliphatic carbocycles. The zero-order chi connectivity index (χ0) is 7.40. The van der Waals surface area contributed by atoms with E-state index >= 15 is 0 Å². The van der Waals surface area contributed by atoms with E-state index in [1.165, 1.54) is 11.3 Å². The molecule has 10 heavy (non-hydrogen) atoms. The van der Waals surface area contributed by atoms with E-state index < -0.39 is 0 Å². The lowest BCUT2D eigenvalue weighted by atomic mass is 10.5. The van der Waals surface area contributed by atoms with Crippen LogP contribution in [-0.4, -0.2) is 5.97 Å². The molecule has 0 fully saturated rings. The van der Waals surface area contributed by atoms with Gasteiger partial charge in [-0.3, -0.25) is 4.79 Å². The van der Waals surface area contributed by atoms with Crippen molar-refractivity contribution in [3.05, 3.63) is 17.5 Å². The van der Waals surface area contributed by atoms with Crippen molar-refractivity contribution in [1.82, 2.24) is 0 Å². The topological polar surface area (TPSA) is 26.3 Å². The van der Waals surface area contributed by atoms with Crippen LogP contribution < -0.4 is 4.74 Å². The molecule has 0 spiro atoms. The molecule has 1 rings (SSSR count). The third-order valence-corrected chi connectivity index (χ3v) is 1.74. The summed E-state index contributed by atoms with van der Waals surface area (Å²) in [6, 6.07) is 3.63. The third-order valence-electron chi connectivity index (χ3n) is 0.998. The SMILES string of the molecule is CCC(=O)Oc1cccs1. The van der Waals surface area contributed by atoms with Crippen LogP contribution in [0, 0.1) is 0 Å². The second kappa shape index (κ2) is 3.37. The zero-order valence-electron chi connectivity index (χ0n) is 5.66. The lowest BCUT2D eigenvalue weighted by Gasteiger charge is -1.95. The lowest BCUT2D eigenvalue weighted by Crippen LogP contribution is -2.03. The van der Waals surface area contributed by atoms with E-state index in [9.17, 15) is 4.79 Å². The van der Waals surface area contributed by atoms with Crippen molar-refractivity contribution in [1.29, 1.82) is 0 Å². The summed E-state index contributed by atoms with van der Waals surface area (Å²) in [6.45, 7) is 1.77. The van der Waals surface area contributed by atoms with Gasteiger partial charge in [-0.25, -0.2) is 0 Å². The summed E-state index contributed by atoms with van der Waals surface area (Å²) in [7, 11) is 0. The van der Waals surface area contributed by atoms with Crippen LogP contribution in [0.1, 0.15) is 13.3 Å². The van der Waals surface area contributed by atoms with Crippen molar-refractivity contribution in [2.45, 2.75) is 13.3 Å². The van der Waals surface area contributed by atoms with Crippen LogP contribution in [-0.2, 0) is 4.79 Å². The number of esters is 1. The number of ether oxygens (including phenoxy) is 1. The predicted molar refractivity (Wildman–Crippen MR) is 40.2 cm³/mol. The fourth-order valence-corrected chi connectivity index (χ4v) is 1.10. The highest BCUT2D eigenvalue weighted by Crippen LogP contribution is 2.18. The summed E-state index contributed by atoms with van der Waals surface area (Å²) in [5, 5.41) is 2.55. The van der Waals surface area contributed by atoms with Gasteiger partial charge in [-0.2, -0.15) is 0 Å². The first kappa shape index (κ1) is 7.28. The van der Waals surface area contributed by atoms with Gasteiger partial charge in [0.25, 0.3) is 0 Å². The third kappa shape index (κ3) is 1.84. The minimum atomic E-state index is -0.178. The number of thiophene rings is 1. The van der Waals surface area contributed by atoms with E-state index in [0.29, 0.717) is 11.5 Å². The Bertz CT molecular complexity index is 203. The maximum atomic E-state index is 10.7. The summed E-state index contributed by atoms with van der Waals surface area (Å²) in [4.78, 5) is 10.7. The normalized spacial score (nSPS) is 9.30. The number of hydrogen-bond donors (Lipinski definition) is 0. The molecule has 0 aromatic carbocycles. The zero-order valence-corrected chi connectivity index (χ0v) is 6.48. The average molecular weight is 156 g/mol. The molecule has 0 aliphatic heterocycles. The maximum absolute atomic E-state index is 10.7. The molecular formula is C7H8O2S. The molecule has 1 aromatic heterocycles. The molecule has 0 unspecified atom stereocenters. The van der Waals surface area contributed by atoms with Crippen LogP contribution >= 0.6 is 11.3 Å². The van der Waals surface area contributed by atoms with Crippen LogP contribution in [0.4, 0.5) is 0 Å². The average Bonchev–Trinajstić information content (AvgIpc) is 2.40. The van der Waals surface area contributed by atoms with Crippen LogP contribution in [0.15, 0.2) is 17.5 Å². The standard InChI is InChI=1S/C7H8O2S/c1-2-6(8)9-7-4-3-5-10-7/h3-5H,2H2,1H3. The van der Waals surface area contributed by atoms with E-state index in [0.717, 1.165) is 0 Å². The van der Waals surface area contributed by atoms with Crippen molar-refractivity contribution >= 4 is 17.3 Å². The van der Waals surface area contributed by atoms with Gasteiger partial charge in [-0.05, 0) is 17.5 Å². The largest absolute Gasteiger partial charge is 0.415 e. The maximum Gasteiger partial charge on any atom is 0.311 e. The second-order valence-corrected chi connectivity index (χ2v) is 2.67. The van der Waals surface area contributed by atoms with Gasteiger partial charge < -0.3 is 4.74 Å². The summed E-state index contributed by atoms with van der Waals surface area (Å²) < 4.78 is 4.88. The van der Waals surface area contributed by atoms with E-state index in [-0.39, 0.29) is 5.97 Å². The van der Waals surface area contributed by atoms with Gasteiger partial charge in [0.05, 0.1) is 0 Å². The highest BCUT2D eigenvalue weighted by Gasteiger charge is 1.99. The summed E-state index contributed by atoms with van der Waals surface area (Å²) in [5.74, 6) is -0.178. The van der Waals surface area contributed by atoms with Gasteiger partial charge in [0.15, 0.2) is 5.06 Å². The summed E-state index contributed by atoms with van der Waals surface area (Å²) >= 11 is 1.42. The Morgan fingerprint density at radius 2 is 2.60 bits per heavy atom. The highest BCUT2D eigenvalue weighted by molar-refractivity contribution is 7.11. The van der Waals surface area contributed by atoms with E-state index in [4.69, 9.17) is 4.74 Å². The Kier molecular flexibility index (Phi) is 2.45. The van der Waals surface area contributed by atoms with E-state index in [1.807, 2.05) is 11.4 Å². The monoisotopic (exact) mass is 156 g/mol. The molecule has 0 saturated carbocycles. The molecule has 54 valence electrons. The Balaban J connectivity index is 2.48. The fraction of sp³-hybridized carbons (Fsp3) is 0.286. The van der Waals surface area contributed by atoms with Gasteiger partial charge in [0, 0.05) is 6.42 Å². The first-order valence-electron chi connectivity index (χ1n) is 3.07. The van der Waals surface area contributed by atoms with Gasteiger partial charge in [-0.15, -0.1) is 11.3 Å². The Morgan fingerprint density at radius 3 is 3.10 bits per heavy atom. The smallest absolute Gasteiger partial charge is 0.311 e. The van der Waals surface area contributed by atoms with E-state index in [1.54, 1.807) is 13.0 Å². The number of carbonyl (C=O) groups excluding carboxylic acids is 1. The number of carbonyl (C=O) groups is 1. The fourth-order valence-electron chi connectivity index (χ4n) is 0.506. The van der Waals surface area contributed by atoms with Crippen molar-refractivity contribution in [2.24, 2.45) is 0 Å². The van der Waals surface area contributed by atoms with Crippen LogP contribution in [0.5, 0.6) is 5.06 Å². The molecule has 0 bridgehead atoms. The van der Waals surface area contributed by atoms with Crippen LogP contribution in [0.3, 0.4) is 0 Å². The van der Waals surface area contributed by atoms with Crippen LogP contribution in [0.2, 0.25) is 0 Å². The molecule has 0 amide bonds. The van der Waals surface area contributed by atoms with Gasteiger partial charge >= 0.3 is 5.97 Å². The first-order valence-corrected chi connectivity index (χ1v) is 3.95. The van der Waals surface area contributed by atoms with E-state index in [2.05, 4.69) is 0 Å². The second-order valence-electron chi connectivity index (χ2n) is 1.76. The quantitative estimate of drug-likeness (QED) is 0.613. The van der Waals surface area contributed by atoms with Crippen molar-refractivity contribution < 1.29 is 9.53 Å². The molecule has 0 atom stereocenters. The van der Waals surface area contributed by atoms with Crippen molar-refractivity contribution in [3.63, 3.8) is 0 Å². The minimum absolute atomic E-state index is 0.178. The number of hydrogen-bond acceptors (Lipinski definition) is 3. The van der Waals surface area contributed by atoms with Crippen molar-refractivity contribution in [3.8, 4) is 5.06 Å². The Labute approximate surface area is 63.4 Å². The Morgan fingerprint density at radius 1 is 1.80 bits per heavy atom. The molecule has 0 radical (unpaired) electrons. The Hall–Kier alpha value is -0.830. The molecular weight excluding hydrogens is 148 g/mol. The predicted octanol–water partition coefficient (Wildman–Crippen LogP) is 2.06. The van der Waals surface area contributed by atoms with Gasteiger partial charge in [0.2, 0.25) is 0 Å². The van der Waals surface area contributed by atoms with Crippen LogP contribution in [0.25, 0.3) is 0 Å². The summed E-state index contributed by atoms with van der Waals surface area (Å²) in [6.07, 6.45) is 0.428. The molecule has 0 N–H and O–H groups in total.